The van der Waals surface area contributed by atoms with Crippen LogP contribution in [0.2, 0.25) is 0 Å². The standard InChI is InChI=1S/C8H9FN2O3S2/c1-5-3-10-8(15-5)11-4-6(2-7(11)12)16(9,13)14/h3,6H,2,4H2,1H3. The van der Waals surface area contributed by atoms with Crippen LogP contribution in [0, 0.1) is 6.92 Å². The van der Waals surface area contributed by atoms with Crippen LogP contribution in [0.3, 0.4) is 0 Å². The van der Waals surface area contributed by atoms with Crippen molar-refractivity contribution in [2.24, 2.45) is 0 Å². The maximum absolute atomic E-state index is 12.7. The average molecular weight is 264 g/mol. The highest BCUT2D eigenvalue weighted by Crippen LogP contribution is 2.28. The zero-order chi connectivity index (χ0) is 11.9. The van der Waals surface area contributed by atoms with Gasteiger partial charge in [0.25, 0.3) is 0 Å². The van der Waals surface area contributed by atoms with Crippen LogP contribution in [0.15, 0.2) is 6.20 Å². The summed E-state index contributed by atoms with van der Waals surface area (Å²) < 4.78 is 34.1. The van der Waals surface area contributed by atoms with Gasteiger partial charge in [0.1, 0.15) is 5.25 Å². The highest BCUT2D eigenvalue weighted by Gasteiger charge is 2.39. The minimum Gasteiger partial charge on any atom is -0.287 e. The zero-order valence-corrected chi connectivity index (χ0v) is 10.0. The van der Waals surface area contributed by atoms with Gasteiger partial charge in [0.2, 0.25) is 5.91 Å². The van der Waals surface area contributed by atoms with Gasteiger partial charge >= 0.3 is 10.2 Å². The molecule has 1 aliphatic heterocycles. The maximum Gasteiger partial charge on any atom is 0.307 e. The van der Waals surface area contributed by atoms with Gasteiger partial charge in [0.15, 0.2) is 5.13 Å². The van der Waals surface area contributed by atoms with Gasteiger partial charge < -0.3 is 0 Å². The third-order valence-electron chi connectivity index (χ3n) is 2.33. The van der Waals surface area contributed by atoms with Crippen molar-refractivity contribution in [2.75, 3.05) is 11.4 Å². The molecule has 1 aromatic heterocycles. The number of thiazole rings is 1. The van der Waals surface area contributed by atoms with Crippen molar-refractivity contribution in [1.29, 1.82) is 0 Å². The molecule has 8 heteroatoms. The van der Waals surface area contributed by atoms with Gasteiger partial charge in [-0.05, 0) is 6.92 Å². The van der Waals surface area contributed by atoms with E-state index in [-0.39, 0.29) is 13.0 Å². The van der Waals surface area contributed by atoms with Crippen molar-refractivity contribution in [3.63, 3.8) is 0 Å². The molecule has 0 saturated carbocycles. The van der Waals surface area contributed by atoms with E-state index in [0.717, 1.165) is 4.88 Å². The minimum absolute atomic E-state index is 0.148. The Balaban J connectivity index is 2.24. The molecule has 1 amide bonds. The van der Waals surface area contributed by atoms with E-state index in [4.69, 9.17) is 0 Å². The smallest absolute Gasteiger partial charge is 0.287 e. The highest BCUT2D eigenvalue weighted by molar-refractivity contribution is 7.87. The molecule has 0 N–H and O–H groups in total. The minimum atomic E-state index is -4.66. The Bertz CT molecular complexity index is 525. The third kappa shape index (κ3) is 2.07. The number of rotatable bonds is 2. The number of amides is 1. The van der Waals surface area contributed by atoms with Crippen LogP contribution in [-0.4, -0.2) is 31.1 Å². The van der Waals surface area contributed by atoms with Crippen molar-refractivity contribution >= 4 is 32.6 Å². The van der Waals surface area contributed by atoms with Gasteiger partial charge in [0, 0.05) is 24.0 Å². The summed E-state index contributed by atoms with van der Waals surface area (Å²) in [6.07, 6.45) is 1.28. The van der Waals surface area contributed by atoms with E-state index in [1.807, 2.05) is 6.92 Å². The van der Waals surface area contributed by atoms with Crippen molar-refractivity contribution in [1.82, 2.24) is 4.98 Å². The second-order valence-electron chi connectivity index (χ2n) is 3.56. The summed E-state index contributed by atoms with van der Waals surface area (Å²) in [6.45, 7) is 1.68. The summed E-state index contributed by atoms with van der Waals surface area (Å²) in [5.41, 5.74) is 0. The third-order valence-corrected chi connectivity index (χ3v) is 4.38. The first kappa shape index (κ1) is 11.5. The number of carbonyl (C=O) groups excluding carboxylic acids is 1. The predicted molar refractivity (Wildman–Crippen MR) is 57.6 cm³/mol. The molecule has 1 unspecified atom stereocenters. The Morgan fingerprint density at radius 2 is 2.31 bits per heavy atom. The molecule has 88 valence electrons. The highest BCUT2D eigenvalue weighted by atomic mass is 32.3. The first-order valence-corrected chi connectivity index (χ1v) is 6.80. The van der Waals surface area contributed by atoms with Gasteiger partial charge in [-0.15, -0.1) is 15.2 Å². The fraction of sp³-hybridized carbons (Fsp3) is 0.500. The fourth-order valence-corrected chi connectivity index (χ4v) is 2.97. The lowest BCUT2D eigenvalue weighted by molar-refractivity contribution is -0.117. The van der Waals surface area contributed by atoms with E-state index in [1.54, 1.807) is 6.20 Å². The number of aryl methyl sites for hydroxylation is 1. The van der Waals surface area contributed by atoms with E-state index >= 15 is 0 Å². The van der Waals surface area contributed by atoms with E-state index in [1.165, 1.54) is 16.2 Å². The van der Waals surface area contributed by atoms with Crippen molar-refractivity contribution in [2.45, 2.75) is 18.6 Å². The largest absolute Gasteiger partial charge is 0.307 e. The molecule has 2 rings (SSSR count). The van der Waals surface area contributed by atoms with Gasteiger partial charge in [0.05, 0.1) is 0 Å². The molecule has 16 heavy (non-hydrogen) atoms. The molecule has 1 aromatic rings. The quantitative estimate of drug-likeness (QED) is 0.743. The lowest BCUT2D eigenvalue weighted by Gasteiger charge is -2.11. The molecule has 0 spiro atoms. The summed E-state index contributed by atoms with van der Waals surface area (Å²) in [7, 11) is -4.66. The number of aromatic nitrogens is 1. The topological polar surface area (TPSA) is 67.3 Å². The molecule has 0 bridgehead atoms. The predicted octanol–water partition coefficient (Wildman–Crippen LogP) is 0.856. The van der Waals surface area contributed by atoms with Gasteiger partial charge in [-0.3, -0.25) is 9.69 Å². The van der Waals surface area contributed by atoms with Crippen LogP contribution in [0.25, 0.3) is 0 Å². The molecule has 1 saturated heterocycles. The van der Waals surface area contributed by atoms with E-state index in [0.29, 0.717) is 5.13 Å². The van der Waals surface area contributed by atoms with Crippen molar-refractivity contribution in [3.05, 3.63) is 11.1 Å². The molecule has 0 radical (unpaired) electrons. The van der Waals surface area contributed by atoms with Crippen LogP contribution >= 0.6 is 11.3 Å². The Morgan fingerprint density at radius 3 is 2.75 bits per heavy atom. The monoisotopic (exact) mass is 264 g/mol. The summed E-state index contributed by atoms with van der Waals surface area (Å²) in [5.74, 6) is -0.402. The summed E-state index contributed by atoms with van der Waals surface area (Å²) in [5, 5.41) is -0.835. The summed E-state index contributed by atoms with van der Waals surface area (Å²) in [4.78, 5) is 17.6. The molecular formula is C8H9FN2O3S2. The fourth-order valence-electron chi connectivity index (χ4n) is 1.52. The molecule has 0 aromatic carbocycles. The van der Waals surface area contributed by atoms with Crippen LogP contribution < -0.4 is 4.90 Å². The van der Waals surface area contributed by atoms with Crippen LogP contribution in [0.1, 0.15) is 11.3 Å². The Morgan fingerprint density at radius 1 is 1.62 bits per heavy atom. The number of hydrogen-bond donors (Lipinski definition) is 0. The molecule has 1 fully saturated rings. The summed E-state index contributed by atoms with van der Waals surface area (Å²) in [6, 6.07) is 0. The van der Waals surface area contributed by atoms with Crippen LogP contribution in [0.4, 0.5) is 9.02 Å². The van der Waals surface area contributed by atoms with E-state index in [2.05, 4.69) is 4.98 Å². The number of halogens is 1. The molecule has 0 aliphatic carbocycles. The Labute approximate surface area is 96.1 Å². The number of carbonyl (C=O) groups is 1. The Hall–Kier alpha value is -1.02. The first-order valence-electron chi connectivity index (χ1n) is 4.54. The number of nitrogens with zero attached hydrogens (tertiary/aromatic N) is 2. The average Bonchev–Trinajstić information content (AvgIpc) is 2.70. The summed E-state index contributed by atoms with van der Waals surface area (Å²) >= 11 is 1.28. The number of anilines is 1. The van der Waals surface area contributed by atoms with Gasteiger partial charge in [-0.1, -0.05) is 0 Å². The number of hydrogen-bond acceptors (Lipinski definition) is 5. The molecular weight excluding hydrogens is 255 g/mol. The normalized spacial score (nSPS) is 21.8. The molecule has 5 nitrogen and oxygen atoms in total. The second-order valence-corrected chi connectivity index (χ2v) is 6.39. The lowest BCUT2D eigenvalue weighted by atomic mass is 10.4. The van der Waals surface area contributed by atoms with Gasteiger partial charge in [-0.25, -0.2) is 4.98 Å². The molecule has 1 atom stereocenters. The van der Waals surface area contributed by atoms with Crippen molar-refractivity contribution < 1.29 is 17.1 Å². The SMILES string of the molecule is Cc1cnc(N2CC(S(=O)(=O)F)CC2=O)s1. The second kappa shape index (κ2) is 3.77. The van der Waals surface area contributed by atoms with E-state index in [9.17, 15) is 17.1 Å². The molecule has 1 aliphatic rings. The van der Waals surface area contributed by atoms with Crippen molar-refractivity contribution in [3.8, 4) is 0 Å². The van der Waals surface area contributed by atoms with Gasteiger partial charge in [-0.2, -0.15) is 8.42 Å². The van der Waals surface area contributed by atoms with Crippen LogP contribution in [0.5, 0.6) is 0 Å². The van der Waals surface area contributed by atoms with Crippen LogP contribution in [-0.2, 0) is 15.0 Å². The lowest BCUT2D eigenvalue weighted by Crippen LogP contribution is -2.26. The first-order chi connectivity index (χ1) is 7.38. The zero-order valence-electron chi connectivity index (χ0n) is 8.38. The Kier molecular flexibility index (Phi) is 2.70. The maximum atomic E-state index is 12.7. The molecule has 2 heterocycles. The van der Waals surface area contributed by atoms with E-state index < -0.39 is 21.4 Å².